The summed E-state index contributed by atoms with van der Waals surface area (Å²) in [5.41, 5.74) is 0. The Morgan fingerprint density at radius 3 is 0.508 bits per heavy atom. The van der Waals surface area contributed by atoms with Crippen LogP contribution in [0.4, 0.5) is 0 Å². The molecule has 0 atom stereocenters. The summed E-state index contributed by atoms with van der Waals surface area (Å²) in [7, 11) is 0. The molecule has 0 aromatic heterocycles. The first kappa shape index (κ1) is 61.9. The third-order valence-electron chi connectivity index (χ3n) is 13.8. The van der Waals surface area contributed by atoms with E-state index in [0.717, 1.165) is 25.7 Å². The summed E-state index contributed by atoms with van der Waals surface area (Å²) in [5, 5.41) is 0. The number of unbranched alkanes of at least 4 members (excludes halogenated alkanes) is 48. The quantitative estimate of drug-likeness (QED) is 0.0451. The fourth-order valence-corrected chi connectivity index (χ4v) is 9.39. The molecule has 0 rings (SSSR count). The number of esters is 2. The Hall–Kier alpha value is -1.06. The second kappa shape index (κ2) is 57.1. The minimum atomic E-state index is -0.106. The van der Waals surface area contributed by atoms with Crippen molar-refractivity contribution in [3.63, 3.8) is 0 Å². The molecular weight excluding hydrogens is 773 g/mol. The SMILES string of the molecule is CCCCCCCCCCCCCCCCCCCCCCCCCCCC(=O)OCCCOC(=O)CCCCCCCCCCCCCCCCCCCCCCCCCCC. The average molecular weight is 890 g/mol. The van der Waals surface area contributed by atoms with E-state index in [9.17, 15) is 9.59 Å². The van der Waals surface area contributed by atoms with Gasteiger partial charge in [0, 0.05) is 19.3 Å². The van der Waals surface area contributed by atoms with Crippen LogP contribution >= 0.6 is 0 Å². The van der Waals surface area contributed by atoms with Crippen molar-refractivity contribution in [1.29, 1.82) is 0 Å². The average Bonchev–Trinajstić information content (AvgIpc) is 3.28. The standard InChI is InChI=1S/C59H116O4/c1-3-5-7-9-11-13-15-17-19-21-23-25-27-29-31-33-35-37-39-41-43-45-47-49-51-54-58(60)62-56-53-57-63-59(61)55-52-50-48-46-44-42-40-38-36-34-32-30-28-26-24-22-20-18-16-14-12-10-8-6-4-2/h3-57H2,1-2H3. The Bertz CT molecular complexity index is 788. The summed E-state index contributed by atoms with van der Waals surface area (Å²) in [6.07, 6.45) is 70.9. The highest BCUT2D eigenvalue weighted by Gasteiger charge is 2.06. The van der Waals surface area contributed by atoms with E-state index in [1.54, 1.807) is 0 Å². The minimum Gasteiger partial charge on any atom is -0.466 e. The smallest absolute Gasteiger partial charge is 0.305 e. The Morgan fingerprint density at radius 1 is 0.206 bits per heavy atom. The summed E-state index contributed by atoms with van der Waals surface area (Å²) in [5.74, 6) is -0.211. The van der Waals surface area contributed by atoms with E-state index in [0.29, 0.717) is 32.5 Å². The van der Waals surface area contributed by atoms with Crippen molar-refractivity contribution in [2.24, 2.45) is 0 Å². The van der Waals surface area contributed by atoms with Gasteiger partial charge in [0.1, 0.15) is 0 Å². The second-order valence-corrected chi connectivity index (χ2v) is 20.3. The van der Waals surface area contributed by atoms with E-state index in [1.165, 1.54) is 295 Å². The lowest BCUT2D eigenvalue weighted by Crippen LogP contribution is -2.10. The molecule has 4 heteroatoms. The van der Waals surface area contributed by atoms with E-state index in [1.807, 2.05) is 0 Å². The van der Waals surface area contributed by atoms with Crippen LogP contribution in [0, 0.1) is 0 Å². The van der Waals surface area contributed by atoms with E-state index in [4.69, 9.17) is 9.47 Å². The zero-order chi connectivity index (χ0) is 45.5. The zero-order valence-corrected chi connectivity index (χ0v) is 43.5. The molecule has 0 aliphatic heterocycles. The minimum absolute atomic E-state index is 0.106. The monoisotopic (exact) mass is 889 g/mol. The van der Waals surface area contributed by atoms with Crippen LogP contribution in [0.2, 0.25) is 0 Å². The van der Waals surface area contributed by atoms with Gasteiger partial charge in [0.25, 0.3) is 0 Å². The number of hydrogen-bond acceptors (Lipinski definition) is 4. The third-order valence-corrected chi connectivity index (χ3v) is 13.8. The molecule has 0 N–H and O–H groups in total. The predicted molar refractivity (Wildman–Crippen MR) is 278 cm³/mol. The number of carbonyl (C=O) groups is 2. The molecule has 0 heterocycles. The van der Waals surface area contributed by atoms with Crippen molar-refractivity contribution in [3.05, 3.63) is 0 Å². The van der Waals surface area contributed by atoms with E-state index < -0.39 is 0 Å². The van der Waals surface area contributed by atoms with Crippen molar-refractivity contribution >= 4 is 11.9 Å². The molecule has 0 spiro atoms. The highest BCUT2D eigenvalue weighted by molar-refractivity contribution is 5.69. The maximum absolute atomic E-state index is 12.1. The van der Waals surface area contributed by atoms with Gasteiger partial charge in [-0.3, -0.25) is 9.59 Å². The molecule has 0 aliphatic rings. The molecule has 0 fully saturated rings. The van der Waals surface area contributed by atoms with Gasteiger partial charge in [0.05, 0.1) is 13.2 Å². The summed E-state index contributed by atoms with van der Waals surface area (Å²) >= 11 is 0. The van der Waals surface area contributed by atoms with Gasteiger partial charge in [0.2, 0.25) is 0 Å². The van der Waals surface area contributed by atoms with Gasteiger partial charge < -0.3 is 9.47 Å². The lowest BCUT2D eigenvalue weighted by atomic mass is 10.0. The molecule has 0 radical (unpaired) electrons. The Morgan fingerprint density at radius 2 is 0.349 bits per heavy atom. The first-order chi connectivity index (χ1) is 31.2. The van der Waals surface area contributed by atoms with Crippen LogP contribution in [0.25, 0.3) is 0 Å². The molecule has 4 nitrogen and oxygen atoms in total. The number of ether oxygens (including phenoxy) is 2. The van der Waals surface area contributed by atoms with Gasteiger partial charge in [-0.05, 0) is 12.8 Å². The molecular formula is C59H116O4. The number of hydrogen-bond donors (Lipinski definition) is 0. The summed E-state index contributed by atoms with van der Waals surface area (Å²) < 4.78 is 10.7. The van der Waals surface area contributed by atoms with Gasteiger partial charge in [0.15, 0.2) is 0 Å². The van der Waals surface area contributed by atoms with Crippen LogP contribution in [-0.4, -0.2) is 25.2 Å². The maximum Gasteiger partial charge on any atom is 0.305 e. The van der Waals surface area contributed by atoms with E-state index in [-0.39, 0.29) is 11.9 Å². The highest BCUT2D eigenvalue weighted by Crippen LogP contribution is 2.18. The molecule has 0 saturated carbocycles. The van der Waals surface area contributed by atoms with Crippen LogP contribution in [0.15, 0.2) is 0 Å². The van der Waals surface area contributed by atoms with Crippen LogP contribution in [0.3, 0.4) is 0 Å². The highest BCUT2D eigenvalue weighted by atomic mass is 16.5. The molecule has 0 unspecified atom stereocenters. The molecule has 0 amide bonds. The molecule has 0 saturated heterocycles. The molecule has 0 aliphatic carbocycles. The summed E-state index contributed by atoms with van der Waals surface area (Å²) in [6.45, 7) is 5.30. The van der Waals surface area contributed by atoms with Gasteiger partial charge in [-0.2, -0.15) is 0 Å². The van der Waals surface area contributed by atoms with Crippen molar-refractivity contribution in [3.8, 4) is 0 Å². The predicted octanol–water partition coefficient (Wildman–Crippen LogP) is 20.8. The fourth-order valence-electron chi connectivity index (χ4n) is 9.39. The van der Waals surface area contributed by atoms with Gasteiger partial charge >= 0.3 is 11.9 Å². The van der Waals surface area contributed by atoms with Crippen LogP contribution in [-0.2, 0) is 19.1 Å². The Balaban J connectivity index is 3.22. The first-order valence-electron chi connectivity index (χ1n) is 29.5. The fraction of sp³-hybridized carbons (Fsp3) is 0.966. The Labute approximate surface area is 396 Å². The molecule has 376 valence electrons. The summed E-state index contributed by atoms with van der Waals surface area (Å²) in [4.78, 5) is 24.1. The largest absolute Gasteiger partial charge is 0.466 e. The lowest BCUT2D eigenvalue weighted by molar-refractivity contribution is -0.146. The van der Waals surface area contributed by atoms with Crippen molar-refractivity contribution < 1.29 is 19.1 Å². The van der Waals surface area contributed by atoms with Gasteiger partial charge in [-0.1, -0.05) is 322 Å². The van der Waals surface area contributed by atoms with Crippen LogP contribution in [0.1, 0.15) is 354 Å². The lowest BCUT2D eigenvalue weighted by Gasteiger charge is -2.07. The number of carbonyl (C=O) groups excluding carboxylic acids is 2. The van der Waals surface area contributed by atoms with Gasteiger partial charge in [-0.15, -0.1) is 0 Å². The van der Waals surface area contributed by atoms with E-state index in [2.05, 4.69) is 13.8 Å². The first-order valence-corrected chi connectivity index (χ1v) is 29.5. The maximum atomic E-state index is 12.1. The number of rotatable bonds is 56. The van der Waals surface area contributed by atoms with Crippen LogP contribution < -0.4 is 0 Å². The van der Waals surface area contributed by atoms with Crippen molar-refractivity contribution in [2.75, 3.05) is 13.2 Å². The van der Waals surface area contributed by atoms with Crippen molar-refractivity contribution in [2.45, 2.75) is 354 Å². The third kappa shape index (κ3) is 57.0. The Kier molecular flexibility index (Phi) is 56.1. The van der Waals surface area contributed by atoms with E-state index >= 15 is 0 Å². The topological polar surface area (TPSA) is 52.6 Å². The summed E-state index contributed by atoms with van der Waals surface area (Å²) in [6, 6.07) is 0. The second-order valence-electron chi connectivity index (χ2n) is 20.3. The normalized spacial score (nSPS) is 11.5. The molecule has 0 aromatic carbocycles. The van der Waals surface area contributed by atoms with Gasteiger partial charge in [-0.25, -0.2) is 0 Å². The molecule has 63 heavy (non-hydrogen) atoms. The molecule has 0 bridgehead atoms. The molecule has 0 aromatic rings. The van der Waals surface area contributed by atoms with Crippen LogP contribution in [0.5, 0.6) is 0 Å². The van der Waals surface area contributed by atoms with Crippen molar-refractivity contribution in [1.82, 2.24) is 0 Å². The zero-order valence-electron chi connectivity index (χ0n) is 43.5.